The molecule has 0 fully saturated rings. The van der Waals surface area contributed by atoms with Crippen LogP contribution in [0.4, 0.5) is 5.69 Å². The second kappa shape index (κ2) is 13.0. The Balaban J connectivity index is 2.53. The summed E-state index contributed by atoms with van der Waals surface area (Å²) in [5.74, 6) is -0.540. The second-order valence-corrected chi connectivity index (χ2v) is 11.1. The van der Waals surface area contributed by atoms with Crippen molar-refractivity contribution in [1.29, 1.82) is 0 Å². The maximum atomic E-state index is 13.8. The first-order chi connectivity index (χ1) is 16.9. The van der Waals surface area contributed by atoms with Crippen LogP contribution < -0.4 is 14.4 Å². The van der Waals surface area contributed by atoms with Crippen molar-refractivity contribution in [3.05, 3.63) is 58.6 Å². The van der Waals surface area contributed by atoms with Gasteiger partial charge in [0, 0.05) is 17.6 Å². The Labute approximate surface area is 219 Å². The predicted octanol–water partition coefficient (Wildman–Crippen LogP) is 4.15. The van der Waals surface area contributed by atoms with E-state index in [0.29, 0.717) is 11.4 Å². The van der Waals surface area contributed by atoms with Crippen LogP contribution in [0.25, 0.3) is 0 Å². The van der Waals surface area contributed by atoms with E-state index in [0.717, 1.165) is 28.1 Å². The molecule has 2 aromatic rings. The van der Waals surface area contributed by atoms with E-state index in [1.165, 1.54) is 18.1 Å². The molecule has 36 heavy (non-hydrogen) atoms. The van der Waals surface area contributed by atoms with Gasteiger partial charge >= 0.3 is 0 Å². The van der Waals surface area contributed by atoms with Crippen molar-refractivity contribution in [2.75, 3.05) is 24.2 Å². The molecule has 2 amide bonds. The predicted molar refractivity (Wildman–Crippen MR) is 144 cm³/mol. The van der Waals surface area contributed by atoms with E-state index in [9.17, 15) is 18.0 Å². The number of hydrogen-bond acceptors (Lipinski definition) is 5. The zero-order chi connectivity index (χ0) is 27.0. The normalized spacial score (nSPS) is 13.0. The van der Waals surface area contributed by atoms with Gasteiger partial charge in [0.2, 0.25) is 21.8 Å². The van der Waals surface area contributed by atoms with E-state index >= 15 is 0 Å². The Kier molecular flexibility index (Phi) is 10.6. The smallest absolute Gasteiger partial charge is 0.244 e. The largest absolute Gasteiger partial charge is 0.495 e. The van der Waals surface area contributed by atoms with Gasteiger partial charge in [0.15, 0.2) is 0 Å². The topological polar surface area (TPSA) is 96.0 Å². The molecule has 0 heterocycles. The lowest BCUT2D eigenvalue weighted by molar-refractivity contribution is -0.140. The monoisotopic (exact) mass is 537 g/mol. The van der Waals surface area contributed by atoms with E-state index in [1.807, 2.05) is 52.0 Å². The molecule has 0 aliphatic heterocycles. The van der Waals surface area contributed by atoms with Crippen LogP contribution in [0.15, 0.2) is 42.5 Å². The van der Waals surface area contributed by atoms with Crippen molar-refractivity contribution in [3.63, 3.8) is 0 Å². The molecule has 2 aromatic carbocycles. The first kappa shape index (κ1) is 29.5. The zero-order valence-electron chi connectivity index (χ0n) is 21.7. The molecule has 2 atom stereocenters. The van der Waals surface area contributed by atoms with Gasteiger partial charge in [-0.3, -0.25) is 13.9 Å². The first-order valence-electron chi connectivity index (χ1n) is 11.9. The number of benzene rings is 2. The minimum Gasteiger partial charge on any atom is -0.495 e. The van der Waals surface area contributed by atoms with E-state index < -0.39 is 28.5 Å². The fraction of sp³-hybridized carbons (Fsp3) is 0.462. The number of nitrogens with one attached hydrogen (secondary N) is 1. The molecule has 0 spiro atoms. The summed E-state index contributed by atoms with van der Waals surface area (Å²) in [6.07, 6.45) is 2.11. The van der Waals surface area contributed by atoms with Crippen LogP contribution in [0.5, 0.6) is 5.75 Å². The molecule has 0 aromatic heterocycles. The third-order valence-corrected chi connectivity index (χ3v) is 7.44. The van der Waals surface area contributed by atoms with E-state index in [1.54, 1.807) is 12.1 Å². The van der Waals surface area contributed by atoms with Gasteiger partial charge in [-0.2, -0.15) is 0 Å². The summed E-state index contributed by atoms with van der Waals surface area (Å²) in [5, 5.41) is 3.25. The number of carbonyl (C=O) groups is 2. The van der Waals surface area contributed by atoms with Gasteiger partial charge in [0.05, 0.1) is 19.1 Å². The van der Waals surface area contributed by atoms with Crippen LogP contribution >= 0.6 is 11.6 Å². The average Bonchev–Trinajstić information content (AvgIpc) is 2.82. The third-order valence-electron chi connectivity index (χ3n) is 6.08. The minimum atomic E-state index is -3.91. The third kappa shape index (κ3) is 7.61. The van der Waals surface area contributed by atoms with Crippen LogP contribution in [0, 0.1) is 6.92 Å². The Hall–Kier alpha value is -2.78. The number of nitrogens with zero attached hydrogens (tertiary/aromatic N) is 2. The number of sulfonamides is 1. The van der Waals surface area contributed by atoms with E-state index in [-0.39, 0.29) is 29.9 Å². The Bertz CT molecular complexity index is 1170. The van der Waals surface area contributed by atoms with Crippen LogP contribution in [-0.2, 0) is 26.2 Å². The molecule has 8 nitrogen and oxygen atoms in total. The van der Waals surface area contributed by atoms with Gasteiger partial charge in [-0.15, -0.1) is 0 Å². The Morgan fingerprint density at radius 2 is 1.78 bits per heavy atom. The number of ether oxygens (including phenoxy) is 1. The molecule has 0 saturated heterocycles. The highest BCUT2D eigenvalue weighted by molar-refractivity contribution is 7.92. The Morgan fingerprint density at radius 3 is 2.33 bits per heavy atom. The van der Waals surface area contributed by atoms with Gasteiger partial charge in [-0.1, -0.05) is 49.7 Å². The molecule has 0 aliphatic rings. The summed E-state index contributed by atoms with van der Waals surface area (Å²) in [6, 6.07) is 11.3. The standard InChI is InChI=1S/C26H36ClN3O5S/c1-7-19(4)28-26(32)22(8-2)29(16-20-12-10-9-11-18(20)3)25(31)17-30(36(6,33)34)23-15-21(27)13-14-24(23)35-5/h9-15,19,22H,7-8,16-17H2,1-6H3,(H,28,32)/t19-,22-/m0/s1. The van der Waals surface area contributed by atoms with E-state index in [4.69, 9.17) is 16.3 Å². The van der Waals surface area contributed by atoms with Gasteiger partial charge < -0.3 is 15.0 Å². The molecule has 0 unspecified atom stereocenters. The number of aryl methyl sites for hydroxylation is 1. The van der Waals surface area contributed by atoms with Crippen molar-refractivity contribution in [2.45, 2.75) is 59.2 Å². The maximum absolute atomic E-state index is 13.8. The molecule has 1 N–H and O–H groups in total. The molecule has 0 saturated carbocycles. The highest BCUT2D eigenvalue weighted by Crippen LogP contribution is 2.33. The number of anilines is 1. The molecular formula is C26H36ClN3O5S. The average molecular weight is 538 g/mol. The molecule has 10 heteroatoms. The quantitative estimate of drug-likeness (QED) is 0.439. The van der Waals surface area contributed by atoms with Gasteiger partial charge in [0.1, 0.15) is 18.3 Å². The maximum Gasteiger partial charge on any atom is 0.244 e. The van der Waals surface area contributed by atoms with Crippen molar-refractivity contribution in [3.8, 4) is 5.75 Å². The minimum absolute atomic E-state index is 0.0646. The summed E-state index contributed by atoms with van der Waals surface area (Å²) in [7, 11) is -2.50. The molecule has 0 aliphatic carbocycles. The number of rotatable bonds is 12. The number of methoxy groups -OCH3 is 1. The first-order valence-corrected chi connectivity index (χ1v) is 14.1. The van der Waals surface area contributed by atoms with Crippen LogP contribution in [0.1, 0.15) is 44.7 Å². The van der Waals surface area contributed by atoms with Crippen molar-refractivity contribution in [2.24, 2.45) is 0 Å². The second-order valence-electron chi connectivity index (χ2n) is 8.78. The molecule has 0 bridgehead atoms. The molecular weight excluding hydrogens is 502 g/mol. The molecule has 198 valence electrons. The van der Waals surface area contributed by atoms with Gasteiger partial charge in [-0.05, 0) is 56.0 Å². The highest BCUT2D eigenvalue weighted by atomic mass is 35.5. The fourth-order valence-electron chi connectivity index (χ4n) is 3.78. The summed E-state index contributed by atoms with van der Waals surface area (Å²) in [5.41, 5.74) is 1.98. The summed E-state index contributed by atoms with van der Waals surface area (Å²) < 4.78 is 31.9. The number of hydrogen-bond donors (Lipinski definition) is 1. The number of amides is 2. The summed E-state index contributed by atoms with van der Waals surface area (Å²) in [4.78, 5) is 28.4. The zero-order valence-corrected chi connectivity index (χ0v) is 23.3. The fourth-order valence-corrected chi connectivity index (χ4v) is 4.80. The molecule has 0 radical (unpaired) electrons. The van der Waals surface area contributed by atoms with Crippen molar-refractivity contribution < 1.29 is 22.7 Å². The van der Waals surface area contributed by atoms with Crippen LogP contribution in [0.2, 0.25) is 5.02 Å². The van der Waals surface area contributed by atoms with Crippen LogP contribution in [0.3, 0.4) is 0 Å². The lowest BCUT2D eigenvalue weighted by Crippen LogP contribution is -2.53. The SMILES string of the molecule is CC[C@H](C)NC(=O)[C@H](CC)N(Cc1ccccc1C)C(=O)CN(c1cc(Cl)ccc1OC)S(C)(=O)=O. The van der Waals surface area contributed by atoms with Gasteiger partial charge in [0.25, 0.3) is 0 Å². The van der Waals surface area contributed by atoms with E-state index in [2.05, 4.69) is 5.32 Å². The highest BCUT2D eigenvalue weighted by Gasteiger charge is 2.33. The lowest BCUT2D eigenvalue weighted by Gasteiger charge is -2.34. The number of carbonyl (C=O) groups excluding carboxylic acids is 2. The summed E-state index contributed by atoms with van der Waals surface area (Å²) >= 11 is 6.14. The van der Waals surface area contributed by atoms with Crippen LogP contribution in [-0.4, -0.2) is 57.1 Å². The van der Waals surface area contributed by atoms with Gasteiger partial charge in [-0.25, -0.2) is 8.42 Å². The molecule has 2 rings (SSSR count). The summed E-state index contributed by atoms with van der Waals surface area (Å²) in [6.45, 7) is 7.25. The number of halogens is 1. The van der Waals surface area contributed by atoms with Crippen molar-refractivity contribution in [1.82, 2.24) is 10.2 Å². The lowest BCUT2D eigenvalue weighted by atomic mass is 10.1. The Morgan fingerprint density at radius 1 is 1.11 bits per heavy atom. The van der Waals surface area contributed by atoms with Crippen molar-refractivity contribution >= 4 is 39.1 Å².